The summed E-state index contributed by atoms with van der Waals surface area (Å²) in [6, 6.07) is 8.25. The maximum absolute atomic E-state index is 12.6. The molecule has 2 rings (SSSR count). The van der Waals surface area contributed by atoms with Crippen LogP contribution >= 0.6 is 11.6 Å². The van der Waals surface area contributed by atoms with Crippen LogP contribution in [0.5, 0.6) is 11.5 Å². The van der Waals surface area contributed by atoms with Crippen molar-refractivity contribution in [1.82, 2.24) is 4.72 Å². The fourth-order valence-corrected chi connectivity index (χ4v) is 3.71. The van der Waals surface area contributed by atoms with Gasteiger partial charge in [-0.15, -0.1) is 0 Å². The average molecular weight is 413 g/mol. The van der Waals surface area contributed by atoms with Gasteiger partial charge >= 0.3 is 0 Å². The zero-order valence-electron chi connectivity index (χ0n) is 15.4. The molecule has 0 aliphatic heterocycles. The lowest BCUT2D eigenvalue weighted by Gasteiger charge is -2.16. The summed E-state index contributed by atoms with van der Waals surface area (Å²) in [6.07, 6.45) is 0. The quantitative estimate of drug-likeness (QED) is 0.729. The first-order valence-corrected chi connectivity index (χ1v) is 9.86. The van der Waals surface area contributed by atoms with Crippen LogP contribution in [0.15, 0.2) is 41.3 Å². The lowest BCUT2D eigenvalue weighted by Crippen LogP contribution is -2.41. The van der Waals surface area contributed by atoms with E-state index >= 15 is 0 Å². The van der Waals surface area contributed by atoms with Gasteiger partial charge in [0.2, 0.25) is 15.9 Å². The first kappa shape index (κ1) is 21.0. The van der Waals surface area contributed by atoms with E-state index in [-0.39, 0.29) is 10.6 Å². The highest BCUT2D eigenvalue weighted by molar-refractivity contribution is 7.89. The van der Waals surface area contributed by atoms with Gasteiger partial charge in [-0.2, -0.15) is 4.72 Å². The molecular weight excluding hydrogens is 392 g/mol. The fraction of sp³-hybridized carbons (Fsp3) is 0.278. The van der Waals surface area contributed by atoms with E-state index in [0.29, 0.717) is 22.0 Å². The van der Waals surface area contributed by atoms with Crippen LogP contribution in [0.4, 0.5) is 5.69 Å². The van der Waals surface area contributed by atoms with E-state index in [1.807, 2.05) is 0 Å². The molecule has 0 unspecified atom stereocenters. The predicted molar refractivity (Wildman–Crippen MR) is 104 cm³/mol. The summed E-state index contributed by atoms with van der Waals surface area (Å²) in [7, 11) is -1.08. The number of anilines is 1. The monoisotopic (exact) mass is 412 g/mol. The molecule has 0 aliphatic carbocycles. The number of hydrogen-bond acceptors (Lipinski definition) is 5. The van der Waals surface area contributed by atoms with E-state index < -0.39 is 22.0 Å². The summed E-state index contributed by atoms with van der Waals surface area (Å²) in [6.45, 7) is 3.21. The van der Waals surface area contributed by atoms with E-state index in [2.05, 4.69) is 10.0 Å². The number of rotatable bonds is 7. The minimum Gasteiger partial charge on any atom is -0.493 e. The zero-order chi connectivity index (χ0) is 20.2. The standard InChI is InChI=1S/C18H21ClN2O5S/c1-11-14(19)6-5-7-15(11)20-18(22)12(2)21-27(23,24)13-8-9-16(25-3)17(10-13)26-4/h5-10,12,21H,1-4H3,(H,20,22)/t12-/m0/s1. The summed E-state index contributed by atoms with van der Waals surface area (Å²) in [5.41, 5.74) is 1.21. The fourth-order valence-electron chi connectivity index (χ4n) is 2.32. The molecule has 0 radical (unpaired) electrons. The molecule has 7 nitrogen and oxygen atoms in total. The first-order valence-electron chi connectivity index (χ1n) is 8.00. The Morgan fingerprint density at radius 1 is 1.11 bits per heavy atom. The smallest absolute Gasteiger partial charge is 0.242 e. The van der Waals surface area contributed by atoms with E-state index in [1.54, 1.807) is 25.1 Å². The maximum atomic E-state index is 12.6. The van der Waals surface area contributed by atoms with Crippen molar-refractivity contribution >= 4 is 33.2 Å². The van der Waals surface area contributed by atoms with E-state index in [4.69, 9.17) is 21.1 Å². The van der Waals surface area contributed by atoms with Crippen LogP contribution in [-0.2, 0) is 14.8 Å². The summed E-state index contributed by atoms with van der Waals surface area (Å²) in [5.74, 6) is 0.162. The van der Waals surface area contributed by atoms with Crippen molar-refractivity contribution in [3.8, 4) is 11.5 Å². The Balaban J connectivity index is 2.17. The van der Waals surface area contributed by atoms with Gasteiger partial charge < -0.3 is 14.8 Å². The van der Waals surface area contributed by atoms with E-state index in [9.17, 15) is 13.2 Å². The Bertz CT molecular complexity index is 947. The maximum Gasteiger partial charge on any atom is 0.242 e. The molecule has 146 valence electrons. The van der Waals surface area contributed by atoms with E-state index in [1.165, 1.54) is 39.3 Å². The normalized spacial score (nSPS) is 12.3. The third-order valence-electron chi connectivity index (χ3n) is 3.92. The lowest BCUT2D eigenvalue weighted by molar-refractivity contribution is -0.117. The minimum absolute atomic E-state index is 0.0428. The second kappa shape index (κ2) is 8.60. The number of methoxy groups -OCH3 is 2. The Morgan fingerprint density at radius 2 is 1.78 bits per heavy atom. The van der Waals surface area contributed by atoms with Crippen molar-refractivity contribution in [3.63, 3.8) is 0 Å². The molecule has 0 bridgehead atoms. The van der Waals surface area contributed by atoms with Gasteiger partial charge in [0.25, 0.3) is 0 Å². The first-order chi connectivity index (χ1) is 12.7. The SMILES string of the molecule is COc1ccc(S(=O)(=O)N[C@@H](C)C(=O)Nc2cccc(Cl)c2C)cc1OC. The van der Waals surface area contributed by atoms with Crippen molar-refractivity contribution in [3.05, 3.63) is 47.0 Å². The Hall–Kier alpha value is -2.29. The number of hydrogen-bond donors (Lipinski definition) is 2. The lowest BCUT2D eigenvalue weighted by atomic mass is 10.2. The van der Waals surface area contributed by atoms with Crippen LogP contribution in [0.25, 0.3) is 0 Å². The third-order valence-corrected chi connectivity index (χ3v) is 5.86. The van der Waals surface area contributed by atoms with Crippen LogP contribution in [0.1, 0.15) is 12.5 Å². The predicted octanol–water partition coefficient (Wildman–Crippen LogP) is 2.97. The average Bonchev–Trinajstić information content (AvgIpc) is 2.64. The number of halogens is 1. The van der Waals surface area contributed by atoms with Gasteiger partial charge in [0.1, 0.15) is 0 Å². The molecule has 0 aliphatic rings. The number of carbonyl (C=O) groups is 1. The molecule has 2 aromatic rings. The molecule has 1 atom stereocenters. The van der Waals surface area contributed by atoms with Crippen molar-refractivity contribution < 1.29 is 22.7 Å². The number of carbonyl (C=O) groups excluding carboxylic acids is 1. The highest BCUT2D eigenvalue weighted by atomic mass is 35.5. The second-order valence-corrected chi connectivity index (χ2v) is 7.88. The summed E-state index contributed by atoms with van der Waals surface area (Å²) in [4.78, 5) is 12.3. The molecular formula is C18H21ClN2O5S. The molecule has 2 N–H and O–H groups in total. The number of nitrogens with one attached hydrogen (secondary N) is 2. The Morgan fingerprint density at radius 3 is 2.41 bits per heavy atom. The molecule has 0 saturated heterocycles. The van der Waals surface area contributed by atoms with Gasteiger partial charge in [-0.05, 0) is 43.7 Å². The highest BCUT2D eigenvalue weighted by Crippen LogP contribution is 2.29. The van der Waals surface area contributed by atoms with Gasteiger partial charge in [0.05, 0.1) is 25.2 Å². The molecule has 0 spiro atoms. The largest absolute Gasteiger partial charge is 0.493 e. The van der Waals surface area contributed by atoms with Gasteiger partial charge in [-0.1, -0.05) is 17.7 Å². The molecule has 0 fully saturated rings. The number of ether oxygens (including phenoxy) is 2. The topological polar surface area (TPSA) is 93.7 Å². The molecule has 9 heteroatoms. The van der Waals surface area contributed by atoms with Crippen molar-refractivity contribution in [2.45, 2.75) is 24.8 Å². The van der Waals surface area contributed by atoms with Crippen LogP contribution in [-0.4, -0.2) is 34.6 Å². The van der Waals surface area contributed by atoms with Crippen LogP contribution in [0.3, 0.4) is 0 Å². The van der Waals surface area contributed by atoms with Crippen LogP contribution in [0.2, 0.25) is 5.02 Å². The zero-order valence-corrected chi connectivity index (χ0v) is 16.9. The molecule has 2 aromatic carbocycles. The Kier molecular flexibility index (Phi) is 6.69. The molecule has 0 aromatic heterocycles. The molecule has 0 saturated carbocycles. The van der Waals surface area contributed by atoms with Gasteiger partial charge in [0, 0.05) is 16.8 Å². The van der Waals surface area contributed by atoms with Crippen molar-refractivity contribution in [2.75, 3.05) is 19.5 Å². The van der Waals surface area contributed by atoms with Gasteiger partial charge in [0.15, 0.2) is 11.5 Å². The number of benzene rings is 2. The third kappa shape index (κ3) is 4.91. The molecule has 0 heterocycles. The highest BCUT2D eigenvalue weighted by Gasteiger charge is 2.23. The summed E-state index contributed by atoms with van der Waals surface area (Å²) < 4.78 is 37.7. The summed E-state index contributed by atoms with van der Waals surface area (Å²) >= 11 is 6.03. The number of amides is 1. The van der Waals surface area contributed by atoms with Crippen LogP contribution < -0.4 is 19.5 Å². The Labute approximate surface area is 163 Å². The van der Waals surface area contributed by atoms with E-state index in [0.717, 1.165) is 0 Å². The number of sulfonamides is 1. The van der Waals surface area contributed by atoms with Gasteiger partial charge in [-0.3, -0.25) is 4.79 Å². The minimum atomic E-state index is -3.95. The summed E-state index contributed by atoms with van der Waals surface area (Å²) in [5, 5.41) is 3.18. The molecule has 27 heavy (non-hydrogen) atoms. The van der Waals surface area contributed by atoms with Gasteiger partial charge in [-0.25, -0.2) is 8.42 Å². The molecule has 1 amide bonds. The van der Waals surface area contributed by atoms with Crippen LogP contribution in [0, 0.1) is 6.92 Å². The van der Waals surface area contributed by atoms with Crippen molar-refractivity contribution in [2.24, 2.45) is 0 Å². The second-order valence-electron chi connectivity index (χ2n) is 5.76. The van der Waals surface area contributed by atoms with Crippen molar-refractivity contribution in [1.29, 1.82) is 0 Å².